The zero-order chi connectivity index (χ0) is 14.0. The average Bonchev–Trinajstić information content (AvgIpc) is 2.32. The van der Waals surface area contributed by atoms with Crippen LogP contribution in [0.3, 0.4) is 0 Å². The van der Waals surface area contributed by atoms with Crippen molar-refractivity contribution in [1.82, 2.24) is 5.32 Å². The van der Waals surface area contributed by atoms with Crippen LogP contribution in [0.4, 0.5) is 0 Å². The maximum Gasteiger partial charge on any atom is 0.350 e. The summed E-state index contributed by atoms with van der Waals surface area (Å²) in [5, 5.41) is 21.4. The second-order valence-electron chi connectivity index (χ2n) is 4.18. The Balaban J connectivity index is 2.18. The minimum atomic E-state index is -1.55. The number of ether oxygens (including phenoxy) is 2. The van der Waals surface area contributed by atoms with E-state index >= 15 is 0 Å². The Bertz CT molecular complexity index is 523. The first-order valence-electron chi connectivity index (χ1n) is 5.53. The second-order valence-corrected chi connectivity index (χ2v) is 4.18. The molecule has 0 saturated carbocycles. The van der Waals surface area contributed by atoms with Gasteiger partial charge in [0.05, 0.1) is 7.11 Å². The van der Waals surface area contributed by atoms with Gasteiger partial charge in [0.1, 0.15) is 17.1 Å². The Kier molecular flexibility index (Phi) is 3.30. The minimum absolute atomic E-state index is 0.0466. The lowest BCUT2D eigenvalue weighted by Gasteiger charge is -2.37. The molecule has 2 rings (SSSR count). The summed E-state index contributed by atoms with van der Waals surface area (Å²) in [4.78, 5) is 22.9. The van der Waals surface area contributed by atoms with E-state index in [1.165, 1.54) is 25.3 Å². The molecule has 1 saturated heterocycles. The van der Waals surface area contributed by atoms with E-state index in [-0.39, 0.29) is 24.4 Å². The molecule has 19 heavy (non-hydrogen) atoms. The van der Waals surface area contributed by atoms with Crippen molar-refractivity contribution >= 4 is 11.9 Å². The Morgan fingerprint density at radius 2 is 2.05 bits per heavy atom. The number of hydrogen-bond donors (Lipinski definition) is 3. The van der Waals surface area contributed by atoms with Crippen LogP contribution in [0.2, 0.25) is 0 Å². The highest BCUT2D eigenvalue weighted by atomic mass is 16.6. The zero-order valence-electron chi connectivity index (χ0n) is 10.2. The molecule has 0 unspecified atom stereocenters. The predicted octanol–water partition coefficient (Wildman–Crippen LogP) is -0.0158. The van der Waals surface area contributed by atoms with Crippen LogP contribution in [-0.4, -0.2) is 48.0 Å². The van der Waals surface area contributed by atoms with Crippen LogP contribution in [0.25, 0.3) is 0 Å². The van der Waals surface area contributed by atoms with Gasteiger partial charge < -0.3 is 25.0 Å². The molecule has 1 aliphatic heterocycles. The highest BCUT2D eigenvalue weighted by Gasteiger charge is 2.49. The quantitative estimate of drug-likeness (QED) is 0.658. The highest BCUT2D eigenvalue weighted by Crippen LogP contribution is 2.26. The number of carboxylic acids is 1. The van der Waals surface area contributed by atoms with Gasteiger partial charge in [0.2, 0.25) is 5.60 Å². The number of esters is 1. The molecule has 0 spiro atoms. The number of carbonyl (C=O) groups is 2. The summed E-state index contributed by atoms with van der Waals surface area (Å²) in [5.74, 6) is -2.04. The molecule has 1 aromatic rings. The molecule has 0 aliphatic carbocycles. The molecule has 7 heteroatoms. The number of aromatic hydroxyl groups is 1. The molecule has 7 nitrogen and oxygen atoms in total. The lowest BCUT2D eigenvalue weighted by atomic mass is 9.97. The predicted molar refractivity (Wildman–Crippen MR) is 63.3 cm³/mol. The van der Waals surface area contributed by atoms with Gasteiger partial charge in [-0.15, -0.1) is 0 Å². The maximum absolute atomic E-state index is 11.9. The number of carbonyl (C=O) groups excluding carboxylic acids is 1. The summed E-state index contributed by atoms with van der Waals surface area (Å²) in [5.41, 5.74) is -1.66. The lowest BCUT2D eigenvalue weighted by molar-refractivity contribution is -0.164. The molecule has 0 amide bonds. The summed E-state index contributed by atoms with van der Waals surface area (Å²) in [6.45, 7) is 0.0932. The topological polar surface area (TPSA) is 105 Å². The third-order valence-corrected chi connectivity index (χ3v) is 2.92. The van der Waals surface area contributed by atoms with E-state index < -0.39 is 17.5 Å². The summed E-state index contributed by atoms with van der Waals surface area (Å²) < 4.78 is 9.86. The Morgan fingerprint density at radius 3 is 2.47 bits per heavy atom. The van der Waals surface area contributed by atoms with Gasteiger partial charge in [-0.25, -0.2) is 9.59 Å². The maximum atomic E-state index is 11.9. The minimum Gasteiger partial charge on any atom is -0.507 e. The first kappa shape index (κ1) is 13.2. The van der Waals surface area contributed by atoms with E-state index in [1.807, 2.05) is 0 Å². The van der Waals surface area contributed by atoms with Gasteiger partial charge in [-0.3, -0.25) is 0 Å². The molecule has 0 aromatic heterocycles. The van der Waals surface area contributed by atoms with Crippen molar-refractivity contribution in [2.45, 2.75) is 5.60 Å². The number of phenolic OH excluding ortho intramolecular Hbond substituents is 1. The van der Waals surface area contributed by atoms with Gasteiger partial charge in [0.25, 0.3) is 0 Å². The number of carboxylic acid groups (broad SMARTS) is 1. The third-order valence-electron chi connectivity index (χ3n) is 2.92. The molecular weight excluding hydrogens is 254 g/mol. The van der Waals surface area contributed by atoms with Crippen molar-refractivity contribution in [2.75, 3.05) is 20.2 Å². The van der Waals surface area contributed by atoms with E-state index in [0.717, 1.165) is 0 Å². The van der Waals surface area contributed by atoms with E-state index in [4.69, 9.17) is 14.6 Å². The van der Waals surface area contributed by atoms with Crippen molar-refractivity contribution < 1.29 is 29.3 Å². The fourth-order valence-electron chi connectivity index (χ4n) is 1.66. The van der Waals surface area contributed by atoms with Crippen LogP contribution in [0, 0.1) is 0 Å². The molecule has 1 fully saturated rings. The first-order chi connectivity index (χ1) is 8.98. The monoisotopic (exact) mass is 267 g/mol. The fourth-order valence-corrected chi connectivity index (χ4v) is 1.66. The lowest BCUT2D eigenvalue weighted by Crippen LogP contribution is -2.66. The second kappa shape index (κ2) is 4.77. The van der Waals surface area contributed by atoms with Gasteiger partial charge >= 0.3 is 11.9 Å². The average molecular weight is 267 g/mol. The summed E-state index contributed by atoms with van der Waals surface area (Å²) in [6, 6.07) is 4.05. The zero-order valence-corrected chi connectivity index (χ0v) is 10.2. The van der Waals surface area contributed by atoms with E-state index in [1.54, 1.807) is 0 Å². The molecular formula is C12H13NO6. The molecule has 1 aliphatic rings. The highest BCUT2D eigenvalue weighted by molar-refractivity contribution is 5.95. The van der Waals surface area contributed by atoms with Crippen molar-refractivity contribution in [1.29, 1.82) is 0 Å². The number of benzene rings is 1. The number of rotatable bonds is 4. The number of aliphatic carboxylic acids is 1. The van der Waals surface area contributed by atoms with Crippen molar-refractivity contribution in [3.05, 3.63) is 23.8 Å². The fraction of sp³-hybridized carbons (Fsp3) is 0.333. The molecule has 0 radical (unpaired) electrons. The Hall–Kier alpha value is -2.28. The van der Waals surface area contributed by atoms with Gasteiger partial charge in [-0.2, -0.15) is 0 Å². The number of phenols is 1. The van der Waals surface area contributed by atoms with E-state index in [9.17, 15) is 14.7 Å². The van der Waals surface area contributed by atoms with E-state index in [2.05, 4.69) is 5.32 Å². The summed E-state index contributed by atoms with van der Waals surface area (Å²) >= 11 is 0. The van der Waals surface area contributed by atoms with Crippen LogP contribution in [0.15, 0.2) is 18.2 Å². The van der Waals surface area contributed by atoms with Gasteiger partial charge in [-0.05, 0) is 12.1 Å². The summed E-state index contributed by atoms with van der Waals surface area (Å²) in [6.07, 6.45) is 0. The smallest absolute Gasteiger partial charge is 0.350 e. The molecule has 1 heterocycles. The molecule has 0 atom stereocenters. The molecule has 102 valence electrons. The molecule has 0 bridgehead atoms. The van der Waals surface area contributed by atoms with Crippen LogP contribution >= 0.6 is 0 Å². The van der Waals surface area contributed by atoms with Crippen LogP contribution in [-0.2, 0) is 9.53 Å². The molecule has 3 N–H and O–H groups in total. The van der Waals surface area contributed by atoms with Crippen molar-refractivity contribution in [3.63, 3.8) is 0 Å². The number of methoxy groups -OCH3 is 1. The SMILES string of the molecule is COc1ccc(C(=O)OC2(C(=O)O)CNC2)c(O)c1. The first-order valence-corrected chi connectivity index (χ1v) is 5.53. The normalized spacial score (nSPS) is 16.3. The van der Waals surface area contributed by atoms with Crippen molar-refractivity contribution in [3.8, 4) is 11.5 Å². The standard InChI is InChI=1S/C12H13NO6/c1-18-7-2-3-8(9(14)4-7)10(15)19-12(11(16)17)5-13-6-12/h2-4,13-14H,5-6H2,1H3,(H,16,17). The van der Waals surface area contributed by atoms with Crippen LogP contribution in [0.1, 0.15) is 10.4 Å². The largest absolute Gasteiger partial charge is 0.507 e. The number of hydrogen-bond acceptors (Lipinski definition) is 6. The Labute approximate surface area is 108 Å². The number of nitrogens with one attached hydrogen (secondary N) is 1. The summed E-state index contributed by atoms with van der Waals surface area (Å²) in [7, 11) is 1.42. The molecule has 1 aromatic carbocycles. The van der Waals surface area contributed by atoms with Crippen LogP contribution < -0.4 is 10.1 Å². The van der Waals surface area contributed by atoms with Gasteiger partial charge in [-0.1, -0.05) is 0 Å². The van der Waals surface area contributed by atoms with Gasteiger partial charge in [0.15, 0.2) is 0 Å². The van der Waals surface area contributed by atoms with Gasteiger partial charge in [0, 0.05) is 19.2 Å². The van der Waals surface area contributed by atoms with E-state index in [0.29, 0.717) is 5.75 Å². The third kappa shape index (κ3) is 2.32. The van der Waals surface area contributed by atoms with Crippen molar-refractivity contribution in [2.24, 2.45) is 0 Å². The Morgan fingerprint density at radius 1 is 1.37 bits per heavy atom. The van der Waals surface area contributed by atoms with Crippen LogP contribution in [0.5, 0.6) is 11.5 Å².